The van der Waals surface area contributed by atoms with Crippen molar-refractivity contribution in [2.24, 2.45) is 0 Å². The zero-order valence-electron chi connectivity index (χ0n) is 14.1. The van der Waals surface area contributed by atoms with Crippen molar-refractivity contribution < 1.29 is 9.53 Å². The highest BCUT2D eigenvalue weighted by atomic mass is 16.5. The van der Waals surface area contributed by atoms with Crippen molar-refractivity contribution in [3.05, 3.63) is 0 Å². The number of unbranched alkanes of at least 4 members (excludes halogenated alkanes) is 9. The van der Waals surface area contributed by atoms with Crippen LogP contribution >= 0.6 is 0 Å². The van der Waals surface area contributed by atoms with E-state index in [-0.39, 0.29) is 6.10 Å². The molecule has 1 atom stereocenters. The second-order valence-electron chi connectivity index (χ2n) is 5.75. The molecule has 0 saturated heterocycles. The Kier molecular flexibility index (Phi) is 14.7. The van der Waals surface area contributed by atoms with Gasteiger partial charge in [-0.1, -0.05) is 71.6 Å². The summed E-state index contributed by atoms with van der Waals surface area (Å²) in [6.07, 6.45) is 14.5. The van der Waals surface area contributed by atoms with Gasteiger partial charge in [-0.2, -0.15) is 0 Å². The lowest BCUT2D eigenvalue weighted by Gasteiger charge is -2.13. The number of ether oxygens (including phenoxy) is 1. The first kappa shape index (κ1) is 19.6. The summed E-state index contributed by atoms with van der Waals surface area (Å²) in [5.41, 5.74) is 0. The summed E-state index contributed by atoms with van der Waals surface area (Å²) in [5, 5.41) is 0. The standard InChI is InChI=1S/C18H36O2/c1-4-7-8-9-10-11-12-13-14-15-16-17(19)18(5-2)20-6-3/h18H,4-16H2,1-3H3. The third-order valence-electron chi connectivity index (χ3n) is 3.87. The van der Waals surface area contributed by atoms with Gasteiger partial charge >= 0.3 is 0 Å². The minimum absolute atomic E-state index is 0.154. The van der Waals surface area contributed by atoms with Gasteiger partial charge in [-0.3, -0.25) is 4.79 Å². The van der Waals surface area contributed by atoms with E-state index in [0.29, 0.717) is 18.8 Å². The SMILES string of the molecule is CCCCCCCCCCCCC(=O)C(CC)OCC. The van der Waals surface area contributed by atoms with Gasteiger partial charge < -0.3 is 4.74 Å². The van der Waals surface area contributed by atoms with Gasteiger partial charge in [0, 0.05) is 13.0 Å². The fraction of sp³-hybridized carbons (Fsp3) is 0.944. The van der Waals surface area contributed by atoms with E-state index in [1.165, 1.54) is 57.8 Å². The molecule has 120 valence electrons. The molecule has 0 heterocycles. The molecule has 0 saturated carbocycles. The smallest absolute Gasteiger partial charge is 0.161 e. The number of ketones is 1. The normalized spacial score (nSPS) is 12.6. The molecule has 0 aromatic carbocycles. The third kappa shape index (κ3) is 11.5. The van der Waals surface area contributed by atoms with E-state index in [9.17, 15) is 4.79 Å². The van der Waals surface area contributed by atoms with Crippen LogP contribution in [0.5, 0.6) is 0 Å². The average Bonchev–Trinajstić information content (AvgIpc) is 2.46. The number of hydrogen-bond donors (Lipinski definition) is 0. The van der Waals surface area contributed by atoms with Crippen LogP contribution in [0.4, 0.5) is 0 Å². The third-order valence-corrected chi connectivity index (χ3v) is 3.87. The van der Waals surface area contributed by atoms with Gasteiger partial charge in [0.1, 0.15) is 6.10 Å². The summed E-state index contributed by atoms with van der Waals surface area (Å²) in [6, 6.07) is 0. The van der Waals surface area contributed by atoms with Crippen LogP contribution in [0.15, 0.2) is 0 Å². The highest BCUT2D eigenvalue weighted by Crippen LogP contribution is 2.12. The molecule has 1 unspecified atom stereocenters. The number of rotatable bonds is 15. The minimum atomic E-state index is -0.154. The van der Waals surface area contributed by atoms with Crippen LogP contribution < -0.4 is 0 Å². The average molecular weight is 284 g/mol. The molecule has 0 aliphatic heterocycles. The van der Waals surface area contributed by atoms with Crippen molar-refractivity contribution in [3.63, 3.8) is 0 Å². The van der Waals surface area contributed by atoms with Gasteiger partial charge in [0.2, 0.25) is 0 Å². The molecule has 0 aromatic heterocycles. The molecule has 0 rings (SSSR count). The van der Waals surface area contributed by atoms with E-state index in [1.807, 2.05) is 13.8 Å². The van der Waals surface area contributed by atoms with Crippen molar-refractivity contribution in [1.29, 1.82) is 0 Å². The molecule has 0 N–H and O–H groups in total. The summed E-state index contributed by atoms with van der Waals surface area (Å²) in [5.74, 6) is 0.300. The fourth-order valence-electron chi connectivity index (χ4n) is 2.59. The van der Waals surface area contributed by atoms with Gasteiger partial charge in [-0.15, -0.1) is 0 Å². The van der Waals surface area contributed by atoms with Crippen LogP contribution in [-0.4, -0.2) is 18.5 Å². The Morgan fingerprint density at radius 1 is 0.800 bits per heavy atom. The quantitative estimate of drug-likeness (QED) is 0.361. The molecule has 2 heteroatoms. The van der Waals surface area contributed by atoms with Gasteiger partial charge in [-0.25, -0.2) is 0 Å². The molecule has 0 aliphatic carbocycles. The van der Waals surface area contributed by atoms with E-state index < -0.39 is 0 Å². The lowest BCUT2D eigenvalue weighted by Crippen LogP contribution is -2.23. The lowest BCUT2D eigenvalue weighted by molar-refractivity contribution is -0.130. The largest absolute Gasteiger partial charge is 0.371 e. The molecule has 0 aromatic rings. The van der Waals surface area contributed by atoms with Crippen LogP contribution in [0.3, 0.4) is 0 Å². The first-order chi connectivity index (χ1) is 9.76. The second kappa shape index (κ2) is 15.0. The number of hydrogen-bond acceptors (Lipinski definition) is 2. The molecule has 0 amide bonds. The Morgan fingerprint density at radius 3 is 1.75 bits per heavy atom. The van der Waals surface area contributed by atoms with Crippen LogP contribution in [0.1, 0.15) is 97.8 Å². The number of carbonyl (C=O) groups excluding carboxylic acids is 1. The maximum atomic E-state index is 11.9. The molecular weight excluding hydrogens is 248 g/mol. The Morgan fingerprint density at radius 2 is 1.30 bits per heavy atom. The van der Waals surface area contributed by atoms with Crippen LogP contribution in [0, 0.1) is 0 Å². The Hall–Kier alpha value is -0.370. The molecule has 0 bridgehead atoms. The molecule has 0 fully saturated rings. The first-order valence-electron chi connectivity index (χ1n) is 8.90. The predicted octanol–water partition coefficient (Wildman–Crippen LogP) is 5.68. The summed E-state index contributed by atoms with van der Waals surface area (Å²) in [4.78, 5) is 11.9. The molecular formula is C18H36O2. The second-order valence-corrected chi connectivity index (χ2v) is 5.75. The van der Waals surface area contributed by atoms with Crippen LogP contribution in [0.2, 0.25) is 0 Å². The van der Waals surface area contributed by atoms with Gasteiger partial charge in [0.15, 0.2) is 5.78 Å². The van der Waals surface area contributed by atoms with Crippen molar-refractivity contribution >= 4 is 5.78 Å². The van der Waals surface area contributed by atoms with Gasteiger partial charge in [0.25, 0.3) is 0 Å². The topological polar surface area (TPSA) is 26.3 Å². The summed E-state index contributed by atoms with van der Waals surface area (Å²) in [7, 11) is 0. The molecule has 0 spiro atoms. The Bertz CT molecular complexity index is 213. The molecule has 2 nitrogen and oxygen atoms in total. The predicted molar refractivity (Wildman–Crippen MR) is 87.2 cm³/mol. The van der Waals surface area contributed by atoms with Crippen molar-refractivity contribution in [2.45, 2.75) is 104 Å². The highest BCUT2D eigenvalue weighted by Gasteiger charge is 2.15. The number of Topliss-reactive ketones (excluding diaryl/α,β-unsaturated/α-hetero) is 1. The van der Waals surface area contributed by atoms with Crippen molar-refractivity contribution in [2.75, 3.05) is 6.61 Å². The van der Waals surface area contributed by atoms with Crippen molar-refractivity contribution in [3.8, 4) is 0 Å². The summed E-state index contributed by atoms with van der Waals surface area (Å²) in [6.45, 7) is 6.88. The van der Waals surface area contributed by atoms with E-state index in [4.69, 9.17) is 4.74 Å². The Balaban J connectivity index is 3.32. The van der Waals surface area contributed by atoms with Crippen LogP contribution in [0.25, 0.3) is 0 Å². The molecule has 20 heavy (non-hydrogen) atoms. The van der Waals surface area contributed by atoms with Crippen LogP contribution in [-0.2, 0) is 9.53 Å². The van der Waals surface area contributed by atoms with E-state index >= 15 is 0 Å². The fourth-order valence-corrected chi connectivity index (χ4v) is 2.59. The zero-order chi connectivity index (χ0) is 15.1. The lowest BCUT2D eigenvalue weighted by atomic mass is 10.0. The molecule has 0 aliphatic rings. The first-order valence-corrected chi connectivity index (χ1v) is 8.90. The van der Waals surface area contributed by atoms with Gasteiger partial charge in [0.05, 0.1) is 0 Å². The van der Waals surface area contributed by atoms with E-state index in [1.54, 1.807) is 0 Å². The summed E-state index contributed by atoms with van der Waals surface area (Å²) < 4.78 is 5.45. The maximum Gasteiger partial charge on any atom is 0.161 e. The van der Waals surface area contributed by atoms with Crippen molar-refractivity contribution in [1.82, 2.24) is 0 Å². The maximum absolute atomic E-state index is 11.9. The Labute approximate surface area is 126 Å². The van der Waals surface area contributed by atoms with E-state index in [0.717, 1.165) is 12.8 Å². The van der Waals surface area contributed by atoms with Gasteiger partial charge in [-0.05, 0) is 19.8 Å². The monoisotopic (exact) mass is 284 g/mol. The highest BCUT2D eigenvalue weighted by molar-refractivity contribution is 5.82. The zero-order valence-corrected chi connectivity index (χ0v) is 14.1. The number of carbonyl (C=O) groups is 1. The van der Waals surface area contributed by atoms with E-state index in [2.05, 4.69) is 6.92 Å². The summed E-state index contributed by atoms with van der Waals surface area (Å²) >= 11 is 0. The minimum Gasteiger partial charge on any atom is -0.371 e. The molecule has 0 radical (unpaired) electrons.